The molecule has 0 spiro atoms. The molecule has 0 aromatic heterocycles. The van der Waals surface area contributed by atoms with Crippen LogP contribution in [0, 0.1) is 5.92 Å². The summed E-state index contributed by atoms with van der Waals surface area (Å²) in [5.41, 5.74) is 9.98. The van der Waals surface area contributed by atoms with E-state index in [1.807, 2.05) is 23.5 Å². The first-order valence-corrected chi connectivity index (χ1v) is 29.4. The Balaban J connectivity index is 0.885. The fraction of sp³-hybridized carbons (Fsp3) is 0.294. The minimum atomic E-state index is -0.448. The number of hydrogen-bond donors (Lipinski definition) is 1. The average Bonchev–Trinajstić information content (AvgIpc) is 3.85. The minimum Gasteiger partial charge on any atom is -0.399 e. The van der Waals surface area contributed by atoms with Crippen LogP contribution in [0.15, 0.2) is 230 Å². The van der Waals surface area contributed by atoms with Crippen molar-refractivity contribution in [3.63, 3.8) is 0 Å². The van der Waals surface area contributed by atoms with E-state index >= 15 is 0 Å². The lowest BCUT2D eigenvalue weighted by Gasteiger charge is -2.45. The fourth-order valence-electron chi connectivity index (χ4n) is 12.6. The second-order valence-corrected chi connectivity index (χ2v) is 23.0. The number of nitrogens with one attached hydrogen (secondary N) is 1. The van der Waals surface area contributed by atoms with Gasteiger partial charge in [0.25, 0.3) is 0 Å². The van der Waals surface area contributed by atoms with Crippen LogP contribution in [0.1, 0.15) is 83.9 Å². The molecule has 2 heterocycles. The number of hydrogen-bond acceptors (Lipinski definition) is 7. The largest absolute Gasteiger partial charge is 0.399 e. The Morgan fingerprint density at radius 2 is 1.08 bits per heavy atom. The molecule has 1 amide bonds. The van der Waals surface area contributed by atoms with Gasteiger partial charge in [-0.05, 0) is 101 Å². The summed E-state index contributed by atoms with van der Waals surface area (Å²) in [5, 5.41) is 10.7. The first kappa shape index (κ1) is 53.0. The number of benzene rings is 8. The zero-order valence-electron chi connectivity index (χ0n) is 44.1. The molecular weight excluding hydrogens is 969 g/mol. The van der Waals surface area contributed by atoms with Gasteiger partial charge in [-0.3, -0.25) is 14.6 Å². The summed E-state index contributed by atoms with van der Waals surface area (Å²) in [6.07, 6.45) is 5.27. The zero-order valence-corrected chi connectivity index (χ0v) is 45.8. The second kappa shape index (κ2) is 25.6. The molecule has 8 aromatic rings. The molecule has 2 saturated heterocycles. The first-order valence-electron chi connectivity index (χ1n) is 27.5. The summed E-state index contributed by atoms with van der Waals surface area (Å²) in [6.45, 7) is 5.68. The van der Waals surface area contributed by atoms with Crippen LogP contribution in [0.3, 0.4) is 0 Å². The number of amides is 1. The van der Waals surface area contributed by atoms with Gasteiger partial charge in [0.2, 0.25) is 5.91 Å². The molecule has 0 saturated carbocycles. The molecule has 8 aromatic carbocycles. The highest BCUT2D eigenvalue weighted by Crippen LogP contribution is 2.51. The highest BCUT2D eigenvalue weighted by Gasteiger charge is 2.49. The molecule has 2 unspecified atom stereocenters. The lowest BCUT2D eigenvalue weighted by atomic mass is 9.72. The van der Waals surface area contributed by atoms with E-state index in [9.17, 15) is 4.79 Å². The van der Waals surface area contributed by atoms with Gasteiger partial charge in [0, 0.05) is 42.6 Å². The predicted octanol–water partition coefficient (Wildman–Crippen LogP) is 14.4. The van der Waals surface area contributed by atoms with Gasteiger partial charge < -0.3 is 10.2 Å². The van der Waals surface area contributed by atoms with E-state index in [-0.39, 0.29) is 11.8 Å². The molecular formula is C68H72N4O2S2. The maximum absolute atomic E-state index is 14.5. The number of oxime groups is 1. The monoisotopic (exact) mass is 1040 g/mol. The summed E-state index contributed by atoms with van der Waals surface area (Å²) in [7, 11) is 1.69. The van der Waals surface area contributed by atoms with E-state index in [1.54, 1.807) is 7.11 Å². The molecule has 388 valence electrons. The van der Waals surface area contributed by atoms with Gasteiger partial charge >= 0.3 is 0 Å². The lowest BCUT2D eigenvalue weighted by Crippen LogP contribution is -2.51. The summed E-state index contributed by atoms with van der Waals surface area (Å²) >= 11 is 3.86. The van der Waals surface area contributed by atoms with Gasteiger partial charge in [-0.1, -0.05) is 237 Å². The van der Waals surface area contributed by atoms with E-state index in [0.717, 1.165) is 62.5 Å². The van der Waals surface area contributed by atoms with Crippen LogP contribution in [0.25, 0.3) is 10.8 Å². The molecule has 10 rings (SSSR count). The van der Waals surface area contributed by atoms with Crippen LogP contribution in [0.5, 0.6) is 0 Å². The summed E-state index contributed by atoms with van der Waals surface area (Å²) < 4.78 is -0.891. The van der Waals surface area contributed by atoms with Crippen molar-refractivity contribution >= 4 is 45.9 Å². The van der Waals surface area contributed by atoms with Gasteiger partial charge in [-0.2, -0.15) is 0 Å². The average molecular weight is 1040 g/mol. The van der Waals surface area contributed by atoms with Crippen molar-refractivity contribution in [3.05, 3.63) is 263 Å². The smallest absolute Gasteiger partial charge is 0.234 e. The Morgan fingerprint density at radius 3 is 1.57 bits per heavy atom. The van der Waals surface area contributed by atoms with Crippen LogP contribution in [0.2, 0.25) is 0 Å². The Kier molecular flexibility index (Phi) is 17.9. The van der Waals surface area contributed by atoms with Crippen molar-refractivity contribution in [3.8, 4) is 0 Å². The molecule has 2 aliphatic heterocycles. The first-order chi connectivity index (χ1) is 37.5. The number of nitrogens with zero attached hydrogens (tertiary/aromatic N) is 3. The van der Waals surface area contributed by atoms with Gasteiger partial charge in [0.05, 0.1) is 21.8 Å². The standard InChI is InChI=1S/C68H72N4O2S2/c1-3-63(70-74-2)66-62(54-40-39-52-25-22-23-26-53(52)49-54)50-61-41-42-64(66)72(61)45-24-44-71(46-48-76-68(58-33-16-7-17-34-58,59-35-18-8-19-36-59)60-37-20-9-21-38-60)51-65(73)69-43-47-75-67(55-27-10-4-11-28-55,56-29-12-5-13-30-56)57-31-14-6-15-32-57/h4-23,25-40,49,61-62,64,66H,3,24,41-48,50-51H2,1-2H3,(H,69,73)/b70-63+/t61?,62-,64?,66+/m0/s1. The molecule has 6 nitrogen and oxygen atoms in total. The maximum atomic E-state index is 14.5. The summed E-state index contributed by atoms with van der Waals surface area (Å²) in [5.74, 6) is 2.27. The molecule has 0 aliphatic carbocycles. The van der Waals surface area contributed by atoms with Crippen LogP contribution in [0.4, 0.5) is 0 Å². The third-order valence-electron chi connectivity index (χ3n) is 16.0. The Labute approximate surface area is 460 Å². The predicted molar refractivity (Wildman–Crippen MR) is 320 cm³/mol. The molecule has 0 radical (unpaired) electrons. The van der Waals surface area contributed by atoms with Gasteiger partial charge in [-0.25, -0.2) is 0 Å². The molecule has 4 atom stereocenters. The lowest BCUT2D eigenvalue weighted by molar-refractivity contribution is -0.122. The van der Waals surface area contributed by atoms with Gasteiger partial charge in [0.15, 0.2) is 0 Å². The van der Waals surface area contributed by atoms with Crippen molar-refractivity contribution in [1.82, 2.24) is 15.1 Å². The third kappa shape index (κ3) is 11.6. The highest BCUT2D eigenvalue weighted by atomic mass is 32.2. The minimum absolute atomic E-state index is 0.0653. The van der Waals surface area contributed by atoms with Crippen molar-refractivity contribution in [1.29, 1.82) is 0 Å². The SMILES string of the molecule is CC/C(=N\OC)[C@@H]1C2CCC(C[C@H]1c1ccc3ccccc3c1)N2CCCN(CCSC(c1ccccc1)(c1ccccc1)c1ccccc1)CC(=O)NCCSC(c1ccccc1)(c1ccccc1)c1ccccc1. The Hall–Kier alpha value is -6.42. The van der Waals surface area contributed by atoms with E-state index in [0.29, 0.717) is 31.1 Å². The van der Waals surface area contributed by atoms with Crippen LogP contribution in [-0.2, 0) is 19.1 Å². The number of fused-ring (bicyclic) bond motifs is 3. The van der Waals surface area contributed by atoms with E-state index in [4.69, 9.17) is 9.99 Å². The molecule has 1 N–H and O–H groups in total. The highest BCUT2D eigenvalue weighted by molar-refractivity contribution is 8.00. The van der Waals surface area contributed by atoms with E-state index < -0.39 is 9.49 Å². The molecule has 2 fully saturated rings. The number of rotatable bonds is 24. The van der Waals surface area contributed by atoms with Crippen molar-refractivity contribution in [2.45, 2.75) is 66.5 Å². The number of piperidine rings is 1. The third-order valence-corrected chi connectivity index (χ3v) is 19.1. The maximum Gasteiger partial charge on any atom is 0.234 e. The number of carbonyl (C=O) groups is 1. The fourth-order valence-corrected chi connectivity index (χ4v) is 15.6. The van der Waals surface area contributed by atoms with Crippen LogP contribution >= 0.6 is 23.5 Å². The van der Waals surface area contributed by atoms with Crippen molar-refractivity contribution < 1.29 is 9.63 Å². The molecule has 76 heavy (non-hydrogen) atoms. The number of carbonyl (C=O) groups excluding carboxylic acids is 1. The second-order valence-electron chi connectivity index (χ2n) is 20.4. The number of thioether (sulfide) groups is 2. The zero-order chi connectivity index (χ0) is 52.0. The van der Waals surface area contributed by atoms with Crippen LogP contribution < -0.4 is 5.32 Å². The van der Waals surface area contributed by atoms with Gasteiger partial charge in [0.1, 0.15) is 7.11 Å². The summed E-state index contributed by atoms with van der Waals surface area (Å²) in [4.78, 5) is 25.3. The molecule has 8 heteroatoms. The van der Waals surface area contributed by atoms with Crippen LogP contribution in [-0.4, -0.2) is 84.8 Å². The summed E-state index contributed by atoms with van der Waals surface area (Å²) in [6, 6.07) is 82.0. The van der Waals surface area contributed by atoms with E-state index in [1.165, 1.54) is 56.1 Å². The van der Waals surface area contributed by atoms with Gasteiger partial charge in [-0.15, -0.1) is 23.5 Å². The van der Waals surface area contributed by atoms with Crippen molar-refractivity contribution in [2.75, 3.05) is 51.3 Å². The Bertz CT molecular complexity index is 2900. The quantitative estimate of drug-likeness (QED) is 0.0282. The molecule has 2 aliphatic rings. The van der Waals surface area contributed by atoms with E-state index in [2.05, 4.69) is 246 Å². The topological polar surface area (TPSA) is 57.2 Å². The normalized spacial score (nSPS) is 18.0. The van der Waals surface area contributed by atoms with Crippen molar-refractivity contribution in [2.24, 2.45) is 11.1 Å². The Morgan fingerprint density at radius 1 is 0.605 bits per heavy atom. The molecule has 2 bridgehead atoms.